The molecule has 0 aromatic heterocycles. The topological polar surface area (TPSA) is 66.9 Å². The summed E-state index contributed by atoms with van der Waals surface area (Å²) in [6.45, 7) is 0. The van der Waals surface area contributed by atoms with Crippen LogP contribution in [0, 0.1) is 11.3 Å². The smallest absolute Gasteiger partial charge is 0.187 e. The van der Waals surface area contributed by atoms with Gasteiger partial charge in [0.1, 0.15) is 0 Å². The number of nitrogens with zero attached hydrogens (tertiary/aromatic N) is 1. The highest BCUT2D eigenvalue weighted by atomic mass is 16.1. The molecule has 19 heavy (non-hydrogen) atoms. The van der Waals surface area contributed by atoms with Crippen molar-refractivity contribution in [1.82, 2.24) is 0 Å². The summed E-state index contributed by atoms with van der Waals surface area (Å²) in [6.07, 6.45) is 3.14. The number of ketones is 1. The summed E-state index contributed by atoms with van der Waals surface area (Å²) < 4.78 is 0. The van der Waals surface area contributed by atoms with Gasteiger partial charge in [-0.05, 0) is 35.9 Å². The number of carbonyl (C=O) groups is 1. The average Bonchev–Trinajstić information content (AvgIpc) is 2.45. The number of benzene rings is 2. The first-order valence-electron chi connectivity index (χ1n) is 5.78. The summed E-state index contributed by atoms with van der Waals surface area (Å²) in [6, 6.07) is 16.0. The van der Waals surface area contributed by atoms with Crippen molar-refractivity contribution in [3.63, 3.8) is 0 Å². The van der Waals surface area contributed by atoms with E-state index in [0.717, 1.165) is 5.56 Å². The van der Waals surface area contributed by atoms with E-state index in [9.17, 15) is 4.79 Å². The zero-order chi connectivity index (χ0) is 13.7. The van der Waals surface area contributed by atoms with Crippen molar-refractivity contribution in [1.29, 1.82) is 5.26 Å². The molecule has 0 heterocycles. The van der Waals surface area contributed by atoms with Crippen molar-refractivity contribution in [2.45, 2.75) is 0 Å². The maximum absolute atomic E-state index is 12.0. The molecule has 0 aliphatic rings. The minimum absolute atomic E-state index is 0.152. The Labute approximate surface area is 111 Å². The molecule has 3 heteroatoms. The Morgan fingerprint density at radius 2 is 1.95 bits per heavy atom. The molecular weight excluding hydrogens is 236 g/mol. The SMILES string of the molecule is N#Cc1cccc(C=CC(=O)c2ccccc2N)c1. The van der Waals surface area contributed by atoms with E-state index in [0.29, 0.717) is 16.8 Å². The van der Waals surface area contributed by atoms with Crippen LogP contribution in [0.4, 0.5) is 5.69 Å². The molecule has 2 N–H and O–H groups in total. The number of hydrogen-bond acceptors (Lipinski definition) is 3. The number of nitriles is 1. The molecule has 2 aromatic rings. The Balaban J connectivity index is 2.21. The fraction of sp³-hybridized carbons (Fsp3) is 0. The van der Waals surface area contributed by atoms with Gasteiger partial charge in [-0.15, -0.1) is 0 Å². The zero-order valence-corrected chi connectivity index (χ0v) is 10.2. The Bertz CT molecular complexity index is 681. The average molecular weight is 248 g/mol. The molecule has 92 valence electrons. The van der Waals surface area contributed by atoms with Crippen molar-refractivity contribution >= 4 is 17.5 Å². The van der Waals surface area contributed by atoms with E-state index in [4.69, 9.17) is 11.0 Å². The van der Waals surface area contributed by atoms with Crippen LogP contribution in [0.5, 0.6) is 0 Å². The van der Waals surface area contributed by atoms with E-state index in [2.05, 4.69) is 6.07 Å². The monoisotopic (exact) mass is 248 g/mol. The molecule has 0 saturated heterocycles. The van der Waals surface area contributed by atoms with Crippen LogP contribution < -0.4 is 5.73 Å². The van der Waals surface area contributed by atoms with Crippen molar-refractivity contribution in [3.05, 3.63) is 71.3 Å². The van der Waals surface area contributed by atoms with Crippen LogP contribution in [-0.2, 0) is 0 Å². The summed E-state index contributed by atoms with van der Waals surface area (Å²) in [5.41, 5.74) is 8.05. The van der Waals surface area contributed by atoms with Crippen molar-refractivity contribution in [2.75, 3.05) is 5.73 Å². The molecule has 0 atom stereocenters. The first-order chi connectivity index (χ1) is 9.20. The number of hydrogen-bond donors (Lipinski definition) is 1. The summed E-state index contributed by atoms with van der Waals surface area (Å²) in [4.78, 5) is 12.0. The predicted octanol–water partition coefficient (Wildman–Crippen LogP) is 3.04. The Morgan fingerprint density at radius 1 is 1.16 bits per heavy atom. The van der Waals surface area contributed by atoms with Gasteiger partial charge in [0.15, 0.2) is 5.78 Å². The van der Waals surface area contributed by atoms with Crippen LogP contribution in [0.3, 0.4) is 0 Å². The van der Waals surface area contributed by atoms with E-state index in [-0.39, 0.29) is 5.78 Å². The third kappa shape index (κ3) is 3.08. The highest BCUT2D eigenvalue weighted by molar-refractivity contribution is 6.10. The van der Waals surface area contributed by atoms with Gasteiger partial charge in [-0.2, -0.15) is 5.26 Å². The first kappa shape index (κ1) is 12.6. The number of allylic oxidation sites excluding steroid dienone is 1. The van der Waals surface area contributed by atoms with E-state index < -0.39 is 0 Å². The van der Waals surface area contributed by atoms with E-state index in [1.54, 1.807) is 48.5 Å². The van der Waals surface area contributed by atoms with Crippen LogP contribution in [0.1, 0.15) is 21.5 Å². The molecule has 0 unspecified atom stereocenters. The minimum Gasteiger partial charge on any atom is -0.398 e. The maximum atomic E-state index is 12.0. The van der Waals surface area contributed by atoms with Gasteiger partial charge in [0.2, 0.25) is 0 Å². The second kappa shape index (κ2) is 5.65. The quantitative estimate of drug-likeness (QED) is 0.515. The van der Waals surface area contributed by atoms with E-state index in [1.165, 1.54) is 6.08 Å². The summed E-state index contributed by atoms with van der Waals surface area (Å²) >= 11 is 0. The lowest BCUT2D eigenvalue weighted by Crippen LogP contribution is -1.99. The normalized spacial score (nSPS) is 10.3. The zero-order valence-electron chi connectivity index (χ0n) is 10.2. The lowest BCUT2D eigenvalue weighted by Gasteiger charge is -2.00. The molecule has 0 radical (unpaired) electrons. The molecule has 2 rings (SSSR count). The lowest BCUT2D eigenvalue weighted by molar-refractivity contribution is 0.104. The number of carbonyl (C=O) groups excluding carboxylic acids is 1. The van der Waals surface area contributed by atoms with Gasteiger partial charge in [-0.1, -0.05) is 30.3 Å². The number of nitrogen functional groups attached to an aromatic ring is 1. The Morgan fingerprint density at radius 3 is 2.68 bits per heavy atom. The number of nitrogens with two attached hydrogens (primary N) is 1. The molecule has 0 amide bonds. The lowest BCUT2D eigenvalue weighted by atomic mass is 10.1. The van der Waals surface area contributed by atoms with E-state index in [1.807, 2.05) is 6.07 Å². The Hall–Kier alpha value is -2.86. The molecule has 0 aliphatic heterocycles. The third-order valence-electron chi connectivity index (χ3n) is 2.67. The van der Waals surface area contributed by atoms with Crippen LogP contribution in [0.25, 0.3) is 6.08 Å². The van der Waals surface area contributed by atoms with Crippen molar-refractivity contribution in [3.8, 4) is 6.07 Å². The van der Waals surface area contributed by atoms with Gasteiger partial charge in [-0.3, -0.25) is 4.79 Å². The largest absolute Gasteiger partial charge is 0.398 e. The summed E-state index contributed by atoms with van der Waals surface area (Å²) in [5, 5.41) is 8.80. The van der Waals surface area contributed by atoms with Crippen molar-refractivity contribution < 1.29 is 4.79 Å². The second-order valence-electron chi connectivity index (χ2n) is 4.02. The number of anilines is 1. The van der Waals surface area contributed by atoms with Gasteiger partial charge in [0, 0.05) is 11.3 Å². The van der Waals surface area contributed by atoms with Crippen LogP contribution in [-0.4, -0.2) is 5.78 Å². The van der Waals surface area contributed by atoms with Gasteiger partial charge in [0.05, 0.1) is 11.6 Å². The Kier molecular flexibility index (Phi) is 3.75. The third-order valence-corrected chi connectivity index (χ3v) is 2.67. The fourth-order valence-electron chi connectivity index (χ4n) is 1.69. The van der Waals surface area contributed by atoms with Gasteiger partial charge in [-0.25, -0.2) is 0 Å². The van der Waals surface area contributed by atoms with Crippen LogP contribution >= 0.6 is 0 Å². The summed E-state index contributed by atoms with van der Waals surface area (Å²) in [7, 11) is 0. The molecule has 0 saturated carbocycles. The van der Waals surface area contributed by atoms with Crippen LogP contribution in [0.2, 0.25) is 0 Å². The summed E-state index contributed by atoms with van der Waals surface area (Å²) in [5.74, 6) is -0.152. The number of para-hydroxylation sites is 1. The number of rotatable bonds is 3. The molecule has 0 bridgehead atoms. The second-order valence-corrected chi connectivity index (χ2v) is 4.02. The minimum atomic E-state index is -0.152. The fourth-order valence-corrected chi connectivity index (χ4v) is 1.69. The molecule has 3 nitrogen and oxygen atoms in total. The van der Waals surface area contributed by atoms with Gasteiger partial charge >= 0.3 is 0 Å². The highest BCUT2D eigenvalue weighted by Crippen LogP contribution is 2.13. The standard InChI is InChI=1S/C16H12N2O/c17-11-13-5-3-4-12(10-13)8-9-16(19)14-6-1-2-7-15(14)18/h1-10H,18H2. The van der Waals surface area contributed by atoms with Crippen molar-refractivity contribution in [2.24, 2.45) is 0 Å². The van der Waals surface area contributed by atoms with Gasteiger partial charge in [0.25, 0.3) is 0 Å². The maximum Gasteiger partial charge on any atom is 0.187 e. The molecule has 2 aromatic carbocycles. The first-order valence-corrected chi connectivity index (χ1v) is 5.78. The highest BCUT2D eigenvalue weighted by Gasteiger charge is 2.04. The molecular formula is C16H12N2O. The molecule has 0 aliphatic carbocycles. The predicted molar refractivity (Wildman–Crippen MR) is 75.4 cm³/mol. The molecule has 0 spiro atoms. The van der Waals surface area contributed by atoms with Gasteiger partial charge < -0.3 is 5.73 Å². The molecule has 0 fully saturated rings. The van der Waals surface area contributed by atoms with E-state index >= 15 is 0 Å². The van der Waals surface area contributed by atoms with Crippen LogP contribution in [0.15, 0.2) is 54.6 Å².